The van der Waals surface area contributed by atoms with Crippen LogP contribution in [0.15, 0.2) is 18.2 Å². The van der Waals surface area contributed by atoms with Crippen LogP contribution in [0.3, 0.4) is 0 Å². The number of hydrogen-bond acceptors (Lipinski definition) is 4. The molecule has 0 saturated carbocycles. The molecule has 1 aliphatic heterocycles. The van der Waals surface area contributed by atoms with Crippen molar-refractivity contribution < 1.29 is 8.42 Å². The van der Waals surface area contributed by atoms with E-state index in [0.717, 1.165) is 11.3 Å². The Labute approximate surface area is 101 Å². The van der Waals surface area contributed by atoms with Crippen molar-refractivity contribution in [3.8, 4) is 6.07 Å². The van der Waals surface area contributed by atoms with Crippen molar-refractivity contribution in [2.45, 2.75) is 6.92 Å². The zero-order valence-electron chi connectivity index (χ0n) is 9.68. The highest BCUT2D eigenvalue weighted by atomic mass is 32.2. The molecule has 0 N–H and O–H groups in total. The molecule has 4 nitrogen and oxygen atoms in total. The molecule has 90 valence electrons. The molecule has 1 heterocycles. The Morgan fingerprint density at radius 3 is 2.47 bits per heavy atom. The molecule has 0 aliphatic carbocycles. The molecule has 0 spiro atoms. The van der Waals surface area contributed by atoms with Crippen LogP contribution in [-0.4, -0.2) is 33.0 Å². The number of sulfone groups is 1. The van der Waals surface area contributed by atoms with Gasteiger partial charge in [-0.2, -0.15) is 5.26 Å². The predicted molar refractivity (Wildman–Crippen MR) is 66.8 cm³/mol. The predicted octanol–water partition coefficient (Wildman–Crippen LogP) is 1.10. The van der Waals surface area contributed by atoms with E-state index in [4.69, 9.17) is 5.26 Å². The molecule has 0 amide bonds. The molecule has 1 fully saturated rings. The van der Waals surface area contributed by atoms with Crippen molar-refractivity contribution in [1.29, 1.82) is 5.26 Å². The van der Waals surface area contributed by atoms with Gasteiger partial charge in [-0.3, -0.25) is 0 Å². The highest BCUT2D eigenvalue weighted by Gasteiger charge is 2.21. The van der Waals surface area contributed by atoms with Gasteiger partial charge in [-0.05, 0) is 30.7 Å². The van der Waals surface area contributed by atoms with Crippen LogP contribution in [0.2, 0.25) is 0 Å². The van der Waals surface area contributed by atoms with E-state index in [1.165, 1.54) is 0 Å². The van der Waals surface area contributed by atoms with Gasteiger partial charge in [0, 0.05) is 18.8 Å². The fourth-order valence-electron chi connectivity index (χ4n) is 1.94. The lowest BCUT2D eigenvalue weighted by molar-refractivity contribution is 0.587. The monoisotopic (exact) mass is 250 g/mol. The minimum atomic E-state index is -2.84. The zero-order valence-corrected chi connectivity index (χ0v) is 10.5. The first kappa shape index (κ1) is 11.9. The molecule has 5 heteroatoms. The Morgan fingerprint density at radius 2 is 1.94 bits per heavy atom. The summed E-state index contributed by atoms with van der Waals surface area (Å²) >= 11 is 0. The summed E-state index contributed by atoms with van der Waals surface area (Å²) in [6.07, 6.45) is 0. The van der Waals surface area contributed by atoms with Crippen LogP contribution in [0, 0.1) is 18.3 Å². The summed E-state index contributed by atoms with van der Waals surface area (Å²) in [6.45, 7) is 2.96. The third-order valence-corrected chi connectivity index (χ3v) is 4.65. The first-order chi connectivity index (χ1) is 8.02. The molecular formula is C12H14N2O2S. The molecule has 0 unspecified atom stereocenters. The maximum Gasteiger partial charge on any atom is 0.153 e. The SMILES string of the molecule is Cc1cc(N2CCS(=O)(=O)CC2)ccc1C#N. The Morgan fingerprint density at radius 1 is 1.29 bits per heavy atom. The molecule has 2 rings (SSSR count). The van der Waals surface area contributed by atoms with Gasteiger partial charge in [-0.15, -0.1) is 0 Å². The molecule has 1 aromatic rings. The van der Waals surface area contributed by atoms with Gasteiger partial charge in [-0.1, -0.05) is 0 Å². The van der Waals surface area contributed by atoms with Crippen molar-refractivity contribution in [3.63, 3.8) is 0 Å². The molecule has 1 saturated heterocycles. The lowest BCUT2D eigenvalue weighted by Gasteiger charge is -2.29. The number of anilines is 1. The fraction of sp³-hybridized carbons (Fsp3) is 0.417. The van der Waals surface area contributed by atoms with Crippen LogP contribution in [0.1, 0.15) is 11.1 Å². The molecule has 0 radical (unpaired) electrons. The third-order valence-electron chi connectivity index (χ3n) is 3.04. The Bertz CT molecular complexity index is 559. The van der Waals surface area contributed by atoms with Gasteiger partial charge in [0.2, 0.25) is 0 Å². The Kier molecular flexibility index (Phi) is 3.07. The summed E-state index contributed by atoms with van der Waals surface area (Å²) in [4.78, 5) is 2.05. The van der Waals surface area contributed by atoms with E-state index in [1.807, 2.05) is 19.1 Å². The van der Waals surface area contributed by atoms with Gasteiger partial charge in [0.25, 0.3) is 0 Å². The number of hydrogen-bond donors (Lipinski definition) is 0. The van der Waals surface area contributed by atoms with Crippen LogP contribution >= 0.6 is 0 Å². The quantitative estimate of drug-likeness (QED) is 0.749. The van der Waals surface area contributed by atoms with Gasteiger partial charge < -0.3 is 4.90 Å². The summed E-state index contributed by atoms with van der Waals surface area (Å²) in [5.41, 5.74) is 2.59. The smallest absolute Gasteiger partial charge is 0.153 e. The highest BCUT2D eigenvalue weighted by molar-refractivity contribution is 7.91. The van der Waals surface area contributed by atoms with Crippen molar-refractivity contribution in [3.05, 3.63) is 29.3 Å². The first-order valence-corrected chi connectivity index (χ1v) is 7.30. The summed E-state index contributed by atoms with van der Waals surface area (Å²) in [5, 5.41) is 8.85. The van der Waals surface area contributed by atoms with Gasteiger partial charge in [-0.25, -0.2) is 8.42 Å². The standard InChI is InChI=1S/C12H14N2O2S/c1-10-8-12(3-2-11(10)9-13)14-4-6-17(15,16)7-5-14/h2-3,8H,4-7H2,1H3. The fourth-order valence-corrected chi connectivity index (χ4v) is 3.14. The maximum atomic E-state index is 11.3. The minimum Gasteiger partial charge on any atom is -0.369 e. The van der Waals surface area contributed by atoms with Crippen molar-refractivity contribution in [2.24, 2.45) is 0 Å². The normalized spacial score (nSPS) is 18.7. The van der Waals surface area contributed by atoms with Gasteiger partial charge in [0.15, 0.2) is 9.84 Å². The number of aryl methyl sites for hydroxylation is 1. The topological polar surface area (TPSA) is 61.2 Å². The molecule has 17 heavy (non-hydrogen) atoms. The largest absolute Gasteiger partial charge is 0.369 e. The van der Waals surface area contributed by atoms with Crippen molar-refractivity contribution in [1.82, 2.24) is 0 Å². The van der Waals surface area contributed by atoms with E-state index in [2.05, 4.69) is 11.0 Å². The molecule has 0 bridgehead atoms. The number of benzene rings is 1. The second kappa shape index (κ2) is 4.38. The lowest BCUT2D eigenvalue weighted by atomic mass is 10.1. The molecular weight excluding hydrogens is 236 g/mol. The lowest BCUT2D eigenvalue weighted by Crippen LogP contribution is -2.40. The van der Waals surface area contributed by atoms with E-state index in [1.54, 1.807) is 6.07 Å². The molecule has 1 aliphatic rings. The Balaban J connectivity index is 2.20. The van der Waals surface area contributed by atoms with E-state index in [9.17, 15) is 8.42 Å². The minimum absolute atomic E-state index is 0.214. The molecule has 1 aromatic carbocycles. The summed E-state index contributed by atoms with van der Waals surface area (Å²) in [7, 11) is -2.84. The average Bonchev–Trinajstić information content (AvgIpc) is 2.29. The zero-order chi connectivity index (χ0) is 12.5. The maximum absolute atomic E-state index is 11.3. The van der Waals surface area contributed by atoms with E-state index >= 15 is 0 Å². The van der Waals surface area contributed by atoms with Gasteiger partial charge in [0.05, 0.1) is 23.1 Å². The van der Waals surface area contributed by atoms with Gasteiger partial charge >= 0.3 is 0 Å². The summed E-state index contributed by atoms with van der Waals surface area (Å²) < 4.78 is 22.7. The number of nitriles is 1. The Hall–Kier alpha value is -1.54. The van der Waals surface area contributed by atoms with E-state index < -0.39 is 9.84 Å². The van der Waals surface area contributed by atoms with Gasteiger partial charge in [0.1, 0.15) is 0 Å². The third kappa shape index (κ3) is 2.59. The number of nitrogens with zero attached hydrogens (tertiary/aromatic N) is 2. The first-order valence-electron chi connectivity index (χ1n) is 5.48. The molecule has 0 atom stereocenters. The summed E-state index contributed by atoms with van der Waals surface area (Å²) in [6, 6.07) is 7.73. The van der Waals surface area contributed by atoms with E-state index in [0.29, 0.717) is 18.7 Å². The summed E-state index contributed by atoms with van der Waals surface area (Å²) in [5.74, 6) is 0.429. The van der Waals surface area contributed by atoms with Crippen molar-refractivity contribution in [2.75, 3.05) is 29.5 Å². The van der Waals surface area contributed by atoms with Crippen molar-refractivity contribution >= 4 is 15.5 Å². The van der Waals surface area contributed by atoms with Crippen LogP contribution in [0.4, 0.5) is 5.69 Å². The average molecular weight is 250 g/mol. The van der Waals surface area contributed by atoms with Crippen LogP contribution in [0.5, 0.6) is 0 Å². The highest BCUT2D eigenvalue weighted by Crippen LogP contribution is 2.20. The number of rotatable bonds is 1. The second-order valence-electron chi connectivity index (χ2n) is 4.25. The second-order valence-corrected chi connectivity index (χ2v) is 6.55. The van der Waals surface area contributed by atoms with Crippen LogP contribution in [0.25, 0.3) is 0 Å². The van der Waals surface area contributed by atoms with E-state index in [-0.39, 0.29) is 11.5 Å². The van der Waals surface area contributed by atoms with Crippen LogP contribution in [-0.2, 0) is 9.84 Å². The van der Waals surface area contributed by atoms with Crippen LogP contribution < -0.4 is 4.90 Å². The molecule has 0 aromatic heterocycles.